The average molecular weight is 539 g/mol. The number of allylic oxidation sites excluding steroid dienone is 1. The number of ether oxygens (including phenoxy) is 1. The van der Waals surface area contributed by atoms with Crippen molar-refractivity contribution in [2.24, 2.45) is 0 Å². The van der Waals surface area contributed by atoms with E-state index in [0.717, 1.165) is 6.07 Å². The van der Waals surface area contributed by atoms with Crippen molar-refractivity contribution in [3.63, 3.8) is 0 Å². The second-order valence-corrected chi connectivity index (χ2v) is 9.91. The summed E-state index contributed by atoms with van der Waals surface area (Å²) in [5, 5.41) is 12.2. The molecule has 0 spiro atoms. The molecule has 0 atom stereocenters. The Morgan fingerprint density at radius 2 is 1.82 bits per heavy atom. The molecule has 0 aliphatic carbocycles. The normalized spacial score (nSPS) is 12.5. The molecule has 0 saturated carbocycles. The first-order valence-electron chi connectivity index (χ1n) is 12.5. The molecular formula is C31H33F3N2O3. The van der Waals surface area contributed by atoms with E-state index in [1.165, 1.54) is 25.4 Å². The number of aliphatic hydroxyl groups excluding tert-OH is 1. The molecule has 1 heterocycles. The average Bonchev–Trinajstić information content (AvgIpc) is 2.88. The number of carbonyl (C=O) groups is 1. The first kappa shape index (κ1) is 29.6. The number of benzene rings is 2. The zero-order valence-corrected chi connectivity index (χ0v) is 23.0. The standard InChI is InChI=1S/C31H33F3N2O3/c1-7-8-23(26-14-22(32)15-28(34)29(26)39-6)24-13-21(16-35-19(24)3)25-12-20(9-10-27(25)33)11-18(2)30(38)36-31(4,5)17-37/h8-16,37H,7,17H2,1-6H3,(H,36,38)/b18-11+,23-8+. The predicted molar refractivity (Wildman–Crippen MR) is 148 cm³/mol. The maximum absolute atomic E-state index is 15.1. The molecule has 206 valence electrons. The van der Waals surface area contributed by atoms with E-state index in [0.29, 0.717) is 40.0 Å². The summed E-state index contributed by atoms with van der Waals surface area (Å²) in [6.45, 7) is 8.46. The molecule has 3 rings (SSSR count). The fourth-order valence-corrected chi connectivity index (χ4v) is 4.10. The number of hydrogen-bond acceptors (Lipinski definition) is 4. The summed E-state index contributed by atoms with van der Waals surface area (Å²) < 4.78 is 49.1. The van der Waals surface area contributed by atoms with Crippen molar-refractivity contribution in [2.75, 3.05) is 13.7 Å². The van der Waals surface area contributed by atoms with Gasteiger partial charge >= 0.3 is 0 Å². The van der Waals surface area contributed by atoms with Crippen molar-refractivity contribution in [3.8, 4) is 16.9 Å². The summed E-state index contributed by atoms with van der Waals surface area (Å²) in [6, 6.07) is 8.14. The molecule has 0 aliphatic rings. The highest BCUT2D eigenvalue weighted by molar-refractivity contribution is 5.97. The lowest BCUT2D eigenvalue weighted by Gasteiger charge is -2.23. The van der Waals surface area contributed by atoms with E-state index in [4.69, 9.17) is 4.74 Å². The number of aryl methyl sites for hydroxylation is 1. The highest BCUT2D eigenvalue weighted by atomic mass is 19.1. The minimum Gasteiger partial charge on any atom is -0.493 e. The highest BCUT2D eigenvalue weighted by Crippen LogP contribution is 2.37. The molecule has 2 aromatic carbocycles. The van der Waals surface area contributed by atoms with E-state index in [1.54, 1.807) is 52.0 Å². The van der Waals surface area contributed by atoms with Crippen LogP contribution in [0.3, 0.4) is 0 Å². The molecule has 0 radical (unpaired) electrons. The Balaban J connectivity index is 2.10. The third-order valence-electron chi connectivity index (χ3n) is 6.18. The number of halogens is 3. The van der Waals surface area contributed by atoms with E-state index < -0.39 is 23.0 Å². The third kappa shape index (κ3) is 6.95. The van der Waals surface area contributed by atoms with E-state index in [2.05, 4.69) is 10.3 Å². The minimum absolute atomic E-state index is 0.0997. The van der Waals surface area contributed by atoms with Gasteiger partial charge in [-0.25, -0.2) is 13.2 Å². The number of carbonyl (C=O) groups excluding carboxylic acids is 1. The van der Waals surface area contributed by atoms with Crippen LogP contribution in [0.1, 0.15) is 56.5 Å². The summed E-state index contributed by atoms with van der Waals surface area (Å²) in [4.78, 5) is 17.0. The maximum atomic E-state index is 15.1. The Morgan fingerprint density at radius 1 is 1.10 bits per heavy atom. The lowest BCUT2D eigenvalue weighted by Crippen LogP contribution is -2.46. The summed E-state index contributed by atoms with van der Waals surface area (Å²) in [5.74, 6) is -2.53. The van der Waals surface area contributed by atoms with Crippen molar-refractivity contribution in [1.29, 1.82) is 0 Å². The molecule has 0 fully saturated rings. The fraction of sp³-hybridized carbons (Fsp3) is 0.290. The first-order chi connectivity index (χ1) is 18.4. The van der Waals surface area contributed by atoms with Crippen LogP contribution >= 0.6 is 0 Å². The largest absolute Gasteiger partial charge is 0.493 e. The van der Waals surface area contributed by atoms with Gasteiger partial charge in [0.15, 0.2) is 11.6 Å². The lowest BCUT2D eigenvalue weighted by atomic mass is 9.92. The molecule has 0 saturated heterocycles. The second kappa shape index (κ2) is 12.3. The predicted octanol–water partition coefficient (Wildman–Crippen LogP) is 6.62. The molecule has 8 heteroatoms. The van der Waals surface area contributed by atoms with Gasteiger partial charge in [0.2, 0.25) is 5.91 Å². The van der Waals surface area contributed by atoms with Gasteiger partial charge in [0.1, 0.15) is 11.6 Å². The lowest BCUT2D eigenvalue weighted by molar-refractivity contribution is -0.119. The van der Waals surface area contributed by atoms with Gasteiger partial charge in [-0.3, -0.25) is 9.78 Å². The number of nitrogens with one attached hydrogen (secondary N) is 1. The zero-order valence-electron chi connectivity index (χ0n) is 23.0. The van der Waals surface area contributed by atoms with Crippen LogP contribution in [-0.4, -0.2) is 35.3 Å². The van der Waals surface area contributed by atoms with Crippen LogP contribution in [0, 0.1) is 24.4 Å². The number of hydrogen-bond donors (Lipinski definition) is 2. The van der Waals surface area contributed by atoms with Crippen molar-refractivity contribution in [3.05, 3.63) is 94.1 Å². The Hall–Kier alpha value is -3.91. The SMILES string of the molecule is CC/C=C(\c1cc(-c2cc(/C=C(\C)C(=O)NC(C)(C)CO)ccc2F)cnc1C)c1cc(F)cc(F)c1OC. The van der Waals surface area contributed by atoms with E-state index >= 15 is 4.39 Å². The fourth-order valence-electron chi connectivity index (χ4n) is 4.10. The van der Waals surface area contributed by atoms with Crippen LogP contribution in [-0.2, 0) is 4.79 Å². The summed E-state index contributed by atoms with van der Waals surface area (Å²) in [7, 11) is 1.31. The molecule has 2 N–H and O–H groups in total. The van der Waals surface area contributed by atoms with E-state index in [1.807, 2.05) is 13.0 Å². The maximum Gasteiger partial charge on any atom is 0.247 e. The minimum atomic E-state index is -0.830. The van der Waals surface area contributed by atoms with Crippen LogP contribution in [0.25, 0.3) is 22.8 Å². The summed E-state index contributed by atoms with van der Waals surface area (Å²) >= 11 is 0. The van der Waals surface area contributed by atoms with Gasteiger partial charge in [-0.05, 0) is 75.6 Å². The topological polar surface area (TPSA) is 71.5 Å². The molecule has 0 unspecified atom stereocenters. The Bertz CT molecular complexity index is 1450. The van der Waals surface area contributed by atoms with Gasteiger partial charge in [-0.15, -0.1) is 0 Å². The number of nitrogens with zero attached hydrogens (tertiary/aromatic N) is 1. The number of pyridine rings is 1. The van der Waals surface area contributed by atoms with Crippen LogP contribution in [0.15, 0.2) is 54.2 Å². The molecule has 1 aromatic heterocycles. The molecule has 0 bridgehead atoms. The Kier molecular flexibility index (Phi) is 9.35. The van der Waals surface area contributed by atoms with E-state index in [9.17, 15) is 18.7 Å². The van der Waals surface area contributed by atoms with Crippen LogP contribution in [0.4, 0.5) is 13.2 Å². The molecule has 39 heavy (non-hydrogen) atoms. The number of aromatic nitrogens is 1. The van der Waals surface area contributed by atoms with E-state index in [-0.39, 0.29) is 29.4 Å². The first-order valence-corrected chi connectivity index (χ1v) is 12.5. The zero-order chi connectivity index (χ0) is 28.9. The molecule has 5 nitrogen and oxygen atoms in total. The Labute approximate surface area is 227 Å². The van der Waals surface area contributed by atoms with Crippen molar-refractivity contribution in [1.82, 2.24) is 10.3 Å². The highest BCUT2D eigenvalue weighted by Gasteiger charge is 2.21. The molecule has 1 amide bonds. The quantitative estimate of drug-likeness (QED) is 0.301. The number of amides is 1. The number of aliphatic hydroxyl groups is 1. The molecular weight excluding hydrogens is 505 g/mol. The third-order valence-corrected chi connectivity index (χ3v) is 6.18. The number of methoxy groups -OCH3 is 1. The molecule has 0 aliphatic heterocycles. The van der Waals surface area contributed by atoms with Crippen LogP contribution in [0.5, 0.6) is 5.75 Å². The monoisotopic (exact) mass is 538 g/mol. The van der Waals surface area contributed by atoms with Gasteiger partial charge in [0.05, 0.1) is 19.3 Å². The molecule has 3 aromatic rings. The van der Waals surface area contributed by atoms with Gasteiger partial charge in [0.25, 0.3) is 0 Å². The smallest absolute Gasteiger partial charge is 0.247 e. The van der Waals surface area contributed by atoms with Gasteiger partial charge in [0, 0.05) is 45.8 Å². The van der Waals surface area contributed by atoms with Crippen molar-refractivity contribution >= 4 is 17.6 Å². The van der Waals surface area contributed by atoms with Crippen molar-refractivity contribution in [2.45, 2.75) is 46.6 Å². The second-order valence-electron chi connectivity index (χ2n) is 9.91. The summed E-state index contributed by atoms with van der Waals surface area (Å²) in [6.07, 6.45) is 5.53. The van der Waals surface area contributed by atoms with Crippen molar-refractivity contribution < 1.29 is 27.8 Å². The van der Waals surface area contributed by atoms with Crippen LogP contribution in [0.2, 0.25) is 0 Å². The van der Waals surface area contributed by atoms with Gasteiger partial charge in [-0.1, -0.05) is 19.1 Å². The number of rotatable bonds is 9. The summed E-state index contributed by atoms with van der Waals surface area (Å²) in [5.41, 5.74) is 2.76. The van der Waals surface area contributed by atoms with Gasteiger partial charge in [-0.2, -0.15) is 0 Å². The van der Waals surface area contributed by atoms with Crippen LogP contribution < -0.4 is 10.1 Å². The Morgan fingerprint density at radius 3 is 2.46 bits per heavy atom. The van der Waals surface area contributed by atoms with Gasteiger partial charge < -0.3 is 15.2 Å².